The highest BCUT2D eigenvalue weighted by atomic mass is 15.2. The van der Waals surface area contributed by atoms with Crippen LogP contribution in [0, 0.1) is 0 Å². The van der Waals surface area contributed by atoms with Crippen molar-refractivity contribution >= 4 is 27.6 Å². The lowest BCUT2D eigenvalue weighted by atomic mass is 10.1. The summed E-state index contributed by atoms with van der Waals surface area (Å²) in [5.41, 5.74) is 9.43. The number of pyridine rings is 2. The molecule has 4 aromatic rings. The zero-order chi connectivity index (χ0) is 13.5. The summed E-state index contributed by atoms with van der Waals surface area (Å²) in [6.07, 6.45) is 3.57. The molecule has 0 bridgehead atoms. The lowest BCUT2D eigenvalue weighted by molar-refractivity contribution is 1.12. The van der Waals surface area contributed by atoms with E-state index in [2.05, 4.69) is 26.2 Å². The van der Waals surface area contributed by atoms with E-state index in [0.29, 0.717) is 5.82 Å². The minimum atomic E-state index is 0.484. The van der Waals surface area contributed by atoms with E-state index in [4.69, 9.17) is 5.73 Å². The molecule has 0 aliphatic heterocycles. The van der Waals surface area contributed by atoms with Gasteiger partial charge in [0.05, 0.1) is 22.9 Å². The van der Waals surface area contributed by atoms with Gasteiger partial charge in [-0.05, 0) is 18.2 Å². The molecule has 3 N–H and O–H groups in total. The minimum absolute atomic E-state index is 0.484. The van der Waals surface area contributed by atoms with E-state index in [1.807, 2.05) is 36.5 Å². The van der Waals surface area contributed by atoms with Crippen LogP contribution in [0.1, 0.15) is 0 Å². The van der Waals surface area contributed by atoms with Crippen LogP contribution < -0.4 is 5.73 Å². The number of H-pyrrole nitrogens is 1. The third-order valence-electron chi connectivity index (χ3n) is 3.36. The number of nitrogens with one attached hydrogen (secondary N) is 1. The average molecular weight is 261 g/mol. The van der Waals surface area contributed by atoms with Gasteiger partial charge in [-0.2, -0.15) is 5.10 Å². The predicted molar refractivity (Wildman–Crippen MR) is 79.0 cm³/mol. The lowest BCUT2D eigenvalue weighted by Crippen LogP contribution is -1.88. The molecule has 0 aliphatic rings. The first-order valence-electron chi connectivity index (χ1n) is 6.26. The molecule has 0 aliphatic carbocycles. The van der Waals surface area contributed by atoms with E-state index < -0.39 is 0 Å². The molecule has 5 nitrogen and oxygen atoms in total. The molecule has 20 heavy (non-hydrogen) atoms. The van der Waals surface area contributed by atoms with Gasteiger partial charge in [-0.15, -0.1) is 0 Å². The highest BCUT2D eigenvalue weighted by molar-refractivity contribution is 5.91. The van der Waals surface area contributed by atoms with Crippen molar-refractivity contribution in [1.82, 2.24) is 20.2 Å². The second-order valence-corrected chi connectivity index (χ2v) is 4.64. The average Bonchev–Trinajstić information content (AvgIpc) is 2.88. The maximum Gasteiger partial charge on any atom is 0.153 e. The Hall–Kier alpha value is -2.95. The highest BCUT2D eigenvalue weighted by Gasteiger charge is 2.07. The first kappa shape index (κ1) is 10.9. The van der Waals surface area contributed by atoms with Gasteiger partial charge in [-0.25, -0.2) is 0 Å². The van der Waals surface area contributed by atoms with E-state index in [9.17, 15) is 0 Å². The number of anilines is 1. The molecule has 96 valence electrons. The number of nitrogen functional groups attached to an aromatic ring is 1. The van der Waals surface area contributed by atoms with E-state index in [1.165, 1.54) is 0 Å². The normalized spacial score (nSPS) is 11.2. The van der Waals surface area contributed by atoms with Crippen molar-refractivity contribution in [3.05, 3.63) is 48.8 Å². The summed E-state index contributed by atoms with van der Waals surface area (Å²) in [6, 6.07) is 12.0. The Labute approximate surface area is 114 Å². The smallest absolute Gasteiger partial charge is 0.153 e. The number of para-hydroxylation sites is 1. The number of fused-ring (bicyclic) bond motifs is 2. The lowest BCUT2D eigenvalue weighted by Gasteiger charge is -2.03. The fraction of sp³-hybridized carbons (Fsp3) is 0. The number of nitrogens with zero attached hydrogens (tertiary/aromatic N) is 3. The molecule has 0 spiro atoms. The molecule has 0 fully saturated rings. The Morgan fingerprint density at radius 3 is 2.85 bits per heavy atom. The number of aromatic nitrogens is 4. The van der Waals surface area contributed by atoms with Gasteiger partial charge in [0.2, 0.25) is 0 Å². The molecule has 0 saturated carbocycles. The van der Waals surface area contributed by atoms with Crippen LogP contribution in [-0.4, -0.2) is 20.2 Å². The molecule has 1 aromatic carbocycles. The molecule has 4 rings (SSSR count). The molecule has 0 unspecified atom stereocenters. The number of rotatable bonds is 1. The van der Waals surface area contributed by atoms with Crippen LogP contribution in [0.4, 0.5) is 5.82 Å². The van der Waals surface area contributed by atoms with Crippen LogP contribution in [0.5, 0.6) is 0 Å². The number of nitrogens with two attached hydrogens (primary N) is 1. The van der Waals surface area contributed by atoms with E-state index in [-0.39, 0.29) is 0 Å². The van der Waals surface area contributed by atoms with Crippen molar-refractivity contribution in [2.24, 2.45) is 0 Å². The highest BCUT2D eigenvalue weighted by Crippen LogP contribution is 2.25. The van der Waals surface area contributed by atoms with Crippen LogP contribution >= 0.6 is 0 Å². The zero-order valence-electron chi connectivity index (χ0n) is 10.5. The van der Waals surface area contributed by atoms with Crippen molar-refractivity contribution in [3.63, 3.8) is 0 Å². The van der Waals surface area contributed by atoms with Crippen LogP contribution in [0.2, 0.25) is 0 Å². The van der Waals surface area contributed by atoms with Gasteiger partial charge in [-0.1, -0.05) is 18.2 Å². The van der Waals surface area contributed by atoms with Gasteiger partial charge in [0, 0.05) is 22.5 Å². The zero-order valence-corrected chi connectivity index (χ0v) is 10.5. The van der Waals surface area contributed by atoms with E-state index >= 15 is 0 Å². The Kier molecular flexibility index (Phi) is 2.20. The third kappa shape index (κ3) is 1.60. The summed E-state index contributed by atoms with van der Waals surface area (Å²) in [4.78, 5) is 8.88. The van der Waals surface area contributed by atoms with Gasteiger partial charge in [0.1, 0.15) is 0 Å². The van der Waals surface area contributed by atoms with Crippen molar-refractivity contribution in [1.29, 1.82) is 0 Å². The second kappa shape index (κ2) is 4.03. The topological polar surface area (TPSA) is 80.5 Å². The number of benzene rings is 1. The van der Waals surface area contributed by atoms with Crippen LogP contribution in [0.25, 0.3) is 33.1 Å². The standard InChI is InChI=1S/C15H11N5/c16-15-11-6-13(18-8-14(11)19-20-15)10-5-9-3-1-2-4-12(9)17-7-10/h1-8H,(H3,16,19,20). The fourth-order valence-corrected chi connectivity index (χ4v) is 2.31. The molecule has 3 aromatic heterocycles. The minimum Gasteiger partial charge on any atom is -0.382 e. The molecule has 0 amide bonds. The quantitative estimate of drug-likeness (QED) is 0.552. The Morgan fingerprint density at radius 2 is 1.90 bits per heavy atom. The fourth-order valence-electron chi connectivity index (χ4n) is 2.31. The van der Waals surface area contributed by atoms with E-state index in [1.54, 1.807) is 6.20 Å². The Morgan fingerprint density at radius 1 is 1.00 bits per heavy atom. The summed E-state index contributed by atoms with van der Waals surface area (Å²) >= 11 is 0. The van der Waals surface area contributed by atoms with Gasteiger partial charge in [-0.3, -0.25) is 15.1 Å². The number of hydrogen-bond acceptors (Lipinski definition) is 4. The van der Waals surface area contributed by atoms with Crippen LogP contribution in [0.3, 0.4) is 0 Å². The summed E-state index contributed by atoms with van der Waals surface area (Å²) in [5, 5.41) is 8.79. The van der Waals surface area contributed by atoms with E-state index in [0.717, 1.165) is 33.1 Å². The SMILES string of the molecule is Nc1n[nH]c2cnc(-c3cnc4ccccc4c3)cc12. The third-order valence-corrected chi connectivity index (χ3v) is 3.36. The maximum atomic E-state index is 5.83. The maximum absolute atomic E-state index is 5.83. The Bertz CT molecular complexity index is 926. The van der Waals surface area contributed by atoms with Gasteiger partial charge < -0.3 is 5.73 Å². The van der Waals surface area contributed by atoms with Gasteiger partial charge >= 0.3 is 0 Å². The molecule has 0 radical (unpaired) electrons. The van der Waals surface area contributed by atoms with Crippen molar-refractivity contribution in [3.8, 4) is 11.3 Å². The Balaban J connectivity index is 1.93. The molecular formula is C15H11N5. The number of hydrogen-bond donors (Lipinski definition) is 2. The molecular weight excluding hydrogens is 250 g/mol. The van der Waals surface area contributed by atoms with Gasteiger partial charge in [0.25, 0.3) is 0 Å². The first-order valence-corrected chi connectivity index (χ1v) is 6.26. The second-order valence-electron chi connectivity index (χ2n) is 4.64. The summed E-state index contributed by atoms with van der Waals surface area (Å²) in [7, 11) is 0. The van der Waals surface area contributed by atoms with Crippen LogP contribution in [0.15, 0.2) is 48.8 Å². The van der Waals surface area contributed by atoms with Crippen molar-refractivity contribution in [2.45, 2.75) is 0 Å². The predicted octanol–water partition coefficient (Wildman–Crippen LogP) is 2.76. The summed E-state index contributed by atoms with van der Waals surface area (Å²) in [5.74, 6) is 0.484. The van der Waals surface area contributed by atoms with Crippen molar-refractivity contribution in [2.75, 3.05) is 5.73 Å². The van der Waals surface area contributed by atoms with Crippen molar-refractivity contribution < 1.29 is 0 Å². The molecule has 3 heterocycles. The summed E-state index contributed by atoms with van der Waals surface area (Å²) < 4.78 is 0. The molecule has 5 heteroatoms. The van der Waals surface area contributed by atoms with Crippen LogP contribution in [-0.2, 0) is 0 Å². The largest absolute Gasteiger partial charge is 0.382 e. The van der Waals surface area contributed by atoms with Gasteiger partial charge in [0.15, 0.2) is 5.82 Å². The summed E-state index contributed by atoms with van der Waals surface area (Å²) in [6.45, 7) is 0. The number of aromatic amines is 1. The first-order chi connectivity index (χ1) is 9.81. The molecule has 0 saturated heterocycles. The monoisotopic (exact) mass is 261 g/mol. The molecule has 0 atom stereocenters.